The predicted molar refractivity (Wildman–Crippen MR) is 97.4 cm³/mol. The maximum Gasteiger partial charge on any atom is 0.230 e. The number of anilines is 1. The highest BCUT2D eigenvalue weighted by molar-refractivity contribution is 5.95. The van der Waals surface area contributed by atoms with Crippen molar-refractivity contribution in [2.45, 2.75) is 32.2 Å². The van der Waals surface area contributed by atoms with Crippen LogP contribution in [0.25, 0.3) is 0 Å². The van der Waals surface area contributed by atoms with Crippen molar-refractivity contribution in [2.75, 3.05) is 12.0 Å². The molecule has 1 heterocycles. The highest BCUT2D eigenvalue weighted by Crippen LogP contribution is 2.49. The van der Waals surface area contributed by atoms with Gasteiger partial charge in [0.15, 0.2) is 0 Å². The van der Waals surface area contributed by atoms with E-state index in [1.807, 2.05) is 41.3 Å². The van der Waals surface area contributed by atoms with Crippen molar-refractivity contribution in [3.05, 3.63) is 54.4 Å². The molecule has 2 aliphatic rings. The first kappa shape index (κ1) is 16.1. The van der Waals surface area contributed by atoms with E-state index in [0.717, 1.165) is 29.3 Å². The summed E-state index contributed by atoms with van der Waals surface area (Å²) in [5.74, 6) is 2.63. The quantitative estimate of drug-likeness (QED) is 0.827. The van der Waals surface area contributed by atoms with E-state index in [-0.39, 0.29) is 11.8 Å². The number of pyridine rings is 1. The lowest BCUT2D eigenvalue weighted by atomic mass is 9.87. The SMILES string of the molecule is COc1ccc(CN(C(=O)[C@@H]2C[C@H]3CC[C@H]2C3)c2ccncc2)cc1. The van der Waals surface area contributed by atoms with Crippen molar-refractivity contribution < 1.29 is 9.53 Å². The van der Waals surface area contributed by atoms with Crippen molar-refractivity contribution in [3.63, 3.8) is 0 Å². The molecule has 2 bridgehead atoms. The number of rotatable bonds is 5. The van der Waals surface area contributed by atoms with Gasteiger partial charge in [-0.2, -0.15) is 0 Å². The van der Waals surface area contributed by atoms with Gasteiger partial charge in [0.2, 0.25) is 5.91 Å². The highest BCUT2D eigenvalue weighted by atomic mass is 16.5. The summed E-state index contributed by atoms with van der Waals surface area (Å²) in [5, 5.41) is 0. The standard InChI is InChI=1S/C21H24N2O2/c1-25-19-6-3-15(4-7-19)14-23(18-8-10-22-11-9-18)21(24)20-13-16-2-5-17(20)12-16/h3-4,6-11,16-17,20H,2,5,12-14H2,1H3/t16-,17-,20+/m0/s1. The molecule has 0 N–H and O–H groups in total. The van der Waals surface area contributed by atoms with Crippen molar-refractivity contribution in [1.82, 2.24) is 4.98 Å². The normalized spacial score (nSPS) is 24.3. The Morgan fingerprint density at radius 1 is 1.12 bits per heavy atom. The van der Waals surface area contributed by atoms with Gasteiger partial charge in [0, 0.05) is 24.0 Å². The molecule has 1 aromatic carbocycles. The van der Waals surface area contributed by atoms with Crippen LogP contribution < -0.4 is 9.64 Å². The molecule has 0 saturated heterocycles. The molecule has 2 saturated carbocycles. The van der Waals surface area contributed by atoms with Gasteiger partial charge in [0.05, 0.1) is 13.7 Å². The van der Waals surface area contributed by atoms with E-state index in [4.69, 9.17) is 4.74 Å². The number of ether oxygens (including phenoxy) is 1. The number of benzene rings is 1. The average molecular weight is 336 g/mol. The number of carbonyl (C=O) groups excluding carboxylic acids is 1. The second kappa shape index (κ2) is 6.87. The van der Waals surface area contributed by atoms with E-state index < -0.39 is 0 Å². The Balaban J connectivity index is 1.59. The smallest absolute Gasteiger partial charge is 0.230 e. The first-order chi connectivity index (χ1) is 12.2. The fourth-order valence-corrected chi connectivity index (χ4v) is 4.48. The number of amides is 1. The van der Waals surface area contributed by atoms with E-state index in [1.165, 1.54) is 19.3 Å². The molecule has 130 valence electrons. The molecule has 2 aromatic rings. The lowest BCUT2D eigenvalue weighted by molar-refractivity contribution is -0.124. The lowest BCUT2D eigenvalue weighted by Gasteiger charge is -2.29. The summed E-state index contributed by atoms with van der Waals surface area (Å²) in [7, 11) is 1.66. The van der Waals surface area contributed by atoms with E-state index in [2.05, 4.69) is 4.98 Å². The van der Waals surface area contributed by atoms with Crippen LogP contribution in [0.3, 0.4) is 0 Å². The molecule has 25 heavy (non-hydrogen) atoms. The number of fused-ring (bicyclic) bond motifs is 2. The third kappa shape index (κ3) is 3.26. The summed E-state index contributed by atoms with van der Waals surface area (Å²) in [6.45, 7) is 0.584. The predicted octanol–water partition coefficient (Wildman–Crippen LogP) is 4.06. The molecule has 2 fully saturated rings. The summed E-state index contributed by atoms with van der Waals surface area (Å²) in [4.78, 5) is 19.4. The van der Waals surface area contributed by atoms with Gasteiger partial charge in [-0.15, -0.1) is 0 Å². The van der Waals surface area contributed by atoms with Gasteiger partial charge in [-0.1, -0.05) is 18.6 Å². The average Bonchev–Trinajstić information content (AvgIpc) is 3.30. The Morgan fingerprint density at radius 2 is 1.88 bits per heavy atom. The van der Waals surface area contributed by atoms with Crippen LogP contribution in [-0.2, 0) is 11.3 Å². The van der Waals surface area contributed by atoms with Gasteiger partial charge in [-0.05, 0) is 60.9 Å². The van der Waals surface area contributed by atoms with Gasteiger partial charge < -0.3 is 9.64 Å². The molecular weight excluding hydrogens is 312 g/mol. The third-order valence-corrected chi connectivity index (χ3v) is 5.80. The van der Waals surface area contributed by atoms with Gasteiger partial charge in [-0.3, -0.25) is 9.78 Å². The maximum absolute atomic E-state index is 13.3. The first-order valence-corrected chi connectivity index (χ1v) is 9.09. The van der Waals surface area contributed by atoms with E-state index >= 15 is 0 Å². The minimum Gasteiger partial charge on any atom is -0.497 e. The minimum absolute atomic E-state index is 0.185. The lowest BCUT2D eigenvalue weighted by Crippen LogP contribution is -2.38. The molecule has 4 heteroatoms. The number of methoxy groups -OCH3 is 1. The summed E-state index contributed by atoms with van der Waals surface area (Å²) in [6, 6.07) is 11.8. The van der Waals surface area contributed by atoms with Crippen molar-refractivity contribution in [1.29, 1.82) is 0 Å². The van der Waals surface area contributed by atoms with Gasteiger partial charge >= 0.3 is 0 Å². The summed E-state index contributed by atoms with van der Waals surface area (Å²) in [6.07, 6.45) is 8.33. The van der Waals surface area contributed by atoms with Crippen LogP contribution in [0.2, 0.25) is 0 Å². The van der Waals surface area contributed by atoms with Gasteiger partial charge in [0.1, 0.15) is 5.75 Å². The second-order valence-electron chi connectivity index (χ2n) is 7.26. The number of hydrogen-bond acceptors (Lipinski definition) is 3. The Hall–Kier alpha value is -2.36. The fourth-order valence-electron chi connectivity index (χ4n) is 4.48. The monoisotopic (exact) mass is 336 g/mol. The fraction of sp³-hybridized carbons (Fsp3) is 0.429. The Bertz CT molecular complexity index is 729. The third-order valence-electron chi connectivity index (χ3n) is 5.80. The largest absolute Gasteiger partial charge is 0.497 e. The molecule has 3 atom stereocenters. The van der Waals surface area contributed by atoms with Crippen LogP contribution in [0, 0.1) is 17.8 Å². The zero-order valence-corrected chi connectivity index (χ0v) is 14.6. The maximum atomic E-state index is 13.3. The molecule has 0 spiro atoms. The zero-order chi connectivity index (χ0) is 17.2. The molecule has 0 unspecified atom stereocenters. The van der Waals surface area contributed by atoms with Gasteiger partial charge in [-0.25, -0.2) is 0 Å². The van der Waals surface area contributed by atoms with Crippen molar-refractivity contribution in [2.24, 2.45) is 17.8 Å². The number of nitrogens with zero attached hydrogens (tertiary/aromatic N) is 2. The van der Waals surface area contributed by atoms with E-state index in [0.29, 0.717) is 12.5 Å². The number of aromatic nitrogens is 1. The van der Waals surface area contributed by atoms with Crippen LogP contribution in [-0.4, -0.2) is 18.0 Å². The molecular formula is C21H24N2O2. The number of carbonyl (C=O) groups is 1. The van der Waals surface area contributed by atoms with Crippen LogP contribution in [0.1, 0.15) is 31.2 Å². The minimum atomic E-state index is 0.185. The Morgan fingerprint density at radius 3 is 2.48 bits per heavy atom. The summed E-state index contributed by atoms with van der Waals surface area (Å²) in [5.41, 5.74) is 2.03. The van der Waals surface area contributed by atoms with Gasteiger partial charge in [0.25, 0.3) is 0 Å². The summed E-state index contributed by atoms with van der Waals surface area (Å²) >= 11 is 0. The zero-order valence-electron chi connectivity index (χ0n) is 14.6. The Labute approximate surface area is 148 Å². The summed E-state index contributed by atoms with van der Waals surface area (Å²) < 4.78 is 5.23. The van der Waals surface area contributed by atoms with Crippen LogP contribution in [0.15, 0.2) is 48.8 Å². The highest BCUT2D eigenvalue weighted by Gasteiger charge is 2.44. The second-order valence-corrected chi connectivity index (χ2v) is 7.26. The molecule has 1 aromatic heterocycles. The molecule has 4 rings (SSSR count). The first-order valence-electron chi connectivity index (χ1n) is 9.09. The molecule has 4 nitrogen and oxygen atoms in total. The van der Waals surface area contributed by atoms with Crippen molar-refractivity contribution in [3.8, 4) is 5.75 Å². The van der Waals surface area contributed by atoms with E-state index in [1.54, 1.807) is 19.5 Å². The van der Waals surface area contributed by atoms with Crippen molar-refractivity contribution >= 4 is 11.6 Å². The molecule has 2 aliphatic carbocycles. The topological polar surface area (TPSA) is 42.4 Å². The Kier molecular flexibility index (Phi) is 4.43. The number of hydrogen-bond donors (Lipinski definition) is 0. The van der Waals surface area contributed by atoms with Crippen LogP contribution >= 0.6 is 0 Å². The molecule has 0 aliphatic heterocycles. The molecule has 1 amide bonds. The van der Waals surface area contributed by atoms with E-state index in [9.17, 15) is 4.79 Å². The molecule has 0 radical (unpaired) electrons. The van der Waals surface area contributed by atoms with Crippen LogP contribution in [0.5, 0.6) is 5.75 Å². The van der Waals surface area contributed by atoms with Crippen LogP contribution in [0.4, 0.5) is 5.69 Å².